The Morgan fingerprint density at radius 2 is 2.04 bits per heavy atom. The molecule has 0 radical (unpaired) electrons. The number of fused-ring (bicyclic) bond motifs is 1. The first kappa shape index (κ1) is 17.6. The number of morpholine rings is 1. The quantitative estimate of drug-likeness (QED) is 0.613. The van der Waals surface area contributed by atoms with E-state index in [1.54, 1.807) is 30.5 Å². The normalized spacial score (nSPS) is 21.4. The Bertz CT molecular complexity index is 757. The largest absolute Gasteiger partial charge is 0.373 e. The highest BCUT2D eigenvalue weighted by molar-refractivity contribution is 5.96. The molecule has 0 unspecified atom stereocenters. The van der Waals surface area contributed by atoms with Gasteiger partial charge < -0.3 is 9.64 Å². The van der Waals surface area contributed by atoms with Crippen molar-refractivity contribution in [3.63, 3.8) is 0 Å². The summed E-state index contributed by atoms with van der Waals surface area (Å²) in [7, 11) is 2.00. The maximum Gasteiger partial charge on any atom is 0.278 e. The highest BCUT2D eigenvalue weighted by atomic mass is 16.6. The van der Waals surface area contributed by atoms with Gasteiger partial charge in [-0.05, 0) is 32.0 Å². The van der Waals surface area contributed by atoms with E-state index >= 15 is 0 Å². The molecule has 0 amide bonds. The van der Waals surface area contributed by atoms with E-state index in [0.717, 1.165) is 31.9 Å². The molecule has 0 N–H and O–H groups in total. The van der Waals surface area contributed by atoms with E-state index in [1.165, 1.54) is 0 Å². The topological polar surface area (TPSA) is 71.7 Å². The standard InChI is InChI=1S/C18H24N4O3/c1-13-11-21(12-14(2)25-13)10-9-20(3)17-7-6-16(22(23)24)15-5-4-8-19-18(15)17/h4-8,13-14H,9-12H2,1-3H3/t13-,14+. The highest BCUT2D eigenvalue weighted by Gasteiger charge is 2.22. The number of aromatic nitrogens is 1. The van der Waals surface area contributed by atoms with Gasteiger partial charge >= 0.3 is 0 Å². The molecular formula is C18H24N4O3. The van der Waals surface area contributed by atoms with Crippen LogP contribution in [0, 0.1) is 10.1 Å². The van der Waals surface area contributed by atoms with Crippen LogP contribution in [0.1, 0.15) is 13.8 Å². The molecule has 3 rings (SSSR count). The second-order valence-electron chi connectivity index (χ2n) is 6.70. The molecule has 7 nitrogen and oxygen atoms in total. The summed E-state index contributed by atoms with van der Waals surface area (Å²) in [5.41, 5.74) is 1.68. The van der Waals surface area contributed by atoms with Crippen LogP contribution in [-0.2, 0) is 4.74 Å². The minimum Gasteiger partial charge on any atom is -0.373 e. The van der Waals surface area contributed by atoms with E-state index < -0.39 is 0 Å². The van der Waals surface area contributed by atoms with Crippen molar-refractivity contribution in [2.24, 2.45) is 0 Å². The number of nitro groups is 1. The number of non-ortho nitro benzene ring substituents is 1. The van der Waals surface area contributed by atoms with Crippen LogP contribution in [0.4, 0.5) is 11.4 Å². The van der Waals surface area contributed by atoms with Crippen LogP contribution < -0.4 is 4.90 Å². The van der Waals surface area contributed by atoms with Gasteiger partial charge in [0.15, 0.2) is 0 Å². The second-order valence-corrected chi connectivity index (χ2v) is 6.70. The molecule has 1 aromatic heterocycles. The van der Waals surface area contributed by atoms with Gasteiger partial charge in [0.25, 0.3) is 5.69 Å². The predicted octanol–water partition coefficient (Wildman–Crippen LogP) is 2.69. The fraction of sp³-hybridized carbons (Fsp3) is 0.500. The lowest BCUT2D eigenvalue weighted by atomic mass is 10.1. The van der Waals surface area contributed by atoms with Crippen LogP contribution in [0.15, 0.2) is 30.5 Å². The number of rotatable bonds is 5. The first-order chi connectivity index (χ1) is 12.0. The van der Waals surface area contributed by atoms with E-state index in [9.17, 15) is 10.1 Å². The molecule has 1 aromatic carbocycles. The van der Waals surface area contributed by atoms with Gasteiger partial charge in [0, 0.05) is 45.5 Å². The molecule has 7 heteroatoms. The number of nitro benzene ring substituents is 1. The Morgan fingerprint density at radius 1 is 1.32 bits per heavy atom. The molecule has 1 aliphatic rings. The predicted molar refractivity (Wildman–Crippen MR) is 98.1 cm³/mol. The van der Waals surface area contributed by atoms with Crippen LogP contribution in [0.5, 0.6) is 0 Å². The van der Waals surface area contributed by atoms with Crippen molar-refractivity contribution in [3.05, 3.63) is 40.6 Å². The summed E-state index contributed by atoms with van der Waals surface area (Å²) in [6, 6.07) is 6.84. The third-order valence-electron chi connectivity index (χ3n) is 4.58. The van der Waals surface area contributed by atoms with Crippen LogP contribution in [0.2, 0.25) is 0 Å². The van der Waals surface area contributed by atoms with Crippen molar-refractivity contribution in [3.8, 4) is 0 Å². The summed E-state index contributed by atoms with van der Waals surface area (Å²) in [5.74, 6) is 0. The van der Waals surface area contributed by atoms with Crippen LogP contribution >= 0.6 is 0 Å². The zero-order valence-electron chi connectivity index (χ0n) is 14.9. The van der Waals surface area contributed by atoms with Crippen LogP contribution in [0.25, 0.3) is 10.9 Å². The van der Waals surface area contributed by atoms with E-state index in [-0.39, 0.29) is 22.8 Å². The summed E-state index contributed by atoms with van der Waals surface area (Å²) in [6.07, 6.45) is 2.17. The van der Waals surface area contributed by atoms with E-state index in [1.807, 2.05) is 7.05 Å². The number of nitrogens with zero attached hydrogens (tertiary/aromatic N) is 4. The maximum absolute atomic E-state index is 11.2. The van der Waals surface area contributed by atoms with Crippen molar-refractivity contribution < 1.29 is 9.66 Å². The van der Waals surface area contributed by atoms with Crippen molar-refractivity contribution in [2.75, 3.05) is 38.1 Å². The second kappa shape index (κ2) is 7.33. The number of hydrogen-bond acceptors (Lipinski definition) is 6. The van der Waals surface area contributed by atoms with Gasteiger partial charge in [-0.2, -0.15) is 0 Å². The summed E-state index contributed by atoms with van der Waals surface area (Å²) < 4.78 is 5.77. The number of likely N-dealkylation sites (N-methyl/N-ethyl adjacent to an activating group) is 1. The molecular weight excluding hydrogens is 320 g/mol. The van der Waals surface area contributed by atoms with Gasteiger partial charge in [-0.3, -0.25) is 20.0 Å². The monoisotopic (exact) mass is 344 g/mol. The van der Waals surface area contributed by atoms with Gasteiger partial charge in [-0.25, -0.2) is 0 Å². The molecule has 0 spiro atoms. The lowest BCUT2D eigenvalue weighted by Crippen LogP contribution is -2.47. The van der Waals surface area contributed by atoms with Crippen molar-refractivity contribution >= 4 is 22.3 Å². The molecule has 134 valence electrons. The van der Waals surface area contributed by atoms with Crippen molar-refractivity contribution in [1.82, 2.24) is 9.88 Å². The Balaban J connectivity index is 1.77. The smallest absolute Gasteiger partial charge is 0.278 e. The number of anilines is 1. The minimum absolute atomic E-state index is 0.0936. The van der Waals surface area contributed by atoms with Gasteiger partial charge in [0.2, 0.25) is 0 Å². The SMILES string of the molecule is C[C@@H]1CN(CCN(C)c2ccc([N+](=O)[O-])c3cccnc23)C[C@H](C)O1. The van der Waals surface area contributed by atoms with Crippen LogP contribution in [0.3, 0.4) is 0 Å². The minimum atomic E-state index is -0.357. The van der Waals surface area contributed by atoms with E-state index in [0.29, 0.717) is 10.9 Å². The number of benzene rings is 1. The number of hydrogen-bond donors (Lipinski definition) is 0. The molecule has 1 fully saturated rings. The van der Waals surface area contributed by atoms with Gasteiger partial charge in [0.1, 0.15) is 5.52 Å². The third kappa shape index (κ3) is 3.88. The van der Waals surface area contributed by atoms with Gasteiger partial charge in [-0.15, -0.1) is 0 Å². The zero-order valence-corrected chi connectivity index (χ0v) is 14.9. The van der Waals surface area contributed by atoms with Crippen LogP contribution in [-0.4, -0.2) is 60.2 Å². The third-order valence-corrected chi connectivity index (χ3v) is 4.58. The Kier molecular flexibility index (Phi) is 5.15. The molecule has 2 heterocycles. The molecule has 25 heavy (non-hydrogen) atoms. The number of ether oxygens (including phenoxy) is 1. The Labute approximate surface area is 147 Å². The first-order valence-electron chi connectivity index (χ1n) is 8.56. The fourth-order valence-electron chi connectivity index (χ4n) is 3.49. The first-order valence-corrected chi connectivity index (χ1v) is 8.56. The molecule has 1 saturated heterocycles. The van der Waals surface area contributed by atoms with Gasteiger partial charge in [-0.1, -0.05) is 0 Å². The van der Waals surface area contributed by atoms with Crippen molar-refractivity contribution in [2.45, 2.75) is 26.1 Å². The summed E-state index contributed by atoms with van der Waals surface area (Å²) in [6.45, 7) is 7.79. The van der Waals surface area contributed by atoms with Gasteiger partial charge in [0.05, 0.1) is 28.2 Å². The average Bonchev–Trinajstić information content (AvgIpc) is 2.57. The van der Waals surface area contributed by atoms with Crippen molar-refractivity contribution in [1.29, 1.82) is 0 Å². The molecule has 2 aromatic rings. The number of pyridine rings is 1. The zero-order chi connectivity index (χ0) is 18.0. The molecule has 0 bridgehead atoms. The molecule has 2 atom stereocenters. The summed E-state index contributed by atoms with van der Waals surface area (Å²) in [4.78, 5) is 19.8. The lowest BCUT2D eigenvalue weighted by Gasteiger charge is -2.36. The Hall–Kier alpha value is -2.25. The van der Waals surface area contributed by atoms with E-state index in [2.05, 4.69) is 28.6 Å². The summed E-state index contributed by atoms with van der Waals surface area (Å²) >= 11 is 0. The molecule has 0 aliphatic carbocycles. The molecule has 1 aliphatic heterocycles. The average molecular weight is 344 g/mol. The Morgan fingerprint density at radius 3 is 2.72 bits per heavy atom. The maximum atomic E-state index is 11.2. The summed E-state index contributed by atoms with van der Waals surface area (Å²) in [5, 5.41) is 11.8. The lowest BCUT2D eigenvalue weighted by molar-refractivity contribution is -0.383. The molecule has 0 saturated carbocycles. The van der Waals surface area contributed by atoms with E-state index in [4.69, 9.17) is 4.74 Å². The highest BCUT2D eigenvalue weighted by Crippen LogP contribution is 2.31. The fourth-order valence-corrected chi connectivity index (χ4v) is 3.49.